The number of benzene rings is 2. The fourth-order valence-electron chi connectivity index (χ4n) is 2.36. The Kier molecular flexibility index (Phi) is 6.03. The molecule has 0 bridgehead atoms. The van der Waals surface area contributed by atoms with Crippen molar-refractivity contribution in [3.63, 3.8) is 0 Å². The summed E-state index contributed by atoms with van der Waals surface area (Å²) >= 11 is 3.44. The van der Waals surface area contributed by atoms with Gasteiger partial charge in [-0.15, -0.1) is 0 Å². The first-order chi connectivity index (χ1) is 13.0. The zero-order valence-electron chi connectivity index (χ0n) is 14.6. The summed E-state index contributed by atoms with van der Waals surface area (Å²) in [6.07, 6.45) is 2.60. The lowest BCUT2D eigenvalue weighted by Crippen LogP contribution is -2.30. The number of esters is 1. The number of aromatic nitrogens is 1. The summed E-state index contributed by atoms with van der Waals surface area (Å²) in [6.45, 7) is 0.0776. The van der Waals surface area contributed by atoms with Crippen LogP contribution in [-0.2, 0) is 20.9 Å². The number of hydrogen-bond acceptors (Lipinski definition) is 5. The molecule has 0 fully saturated rings. The highest BCUT2D eigenvalue weighted by Gasteiger charge is 2.13. The van der Waals surface area contributed by atoms with E-state index in [9.17, 15) is 9.59 Å². The van der Waals surface area contributed by atoms with Crippen molar-refractivity contribution in [1.29, 1.82) is 0 Å². The van der Waals surface area contributed by atoms with Crippen LogP contribution in [0.1, 0.15) is 11.5 Å². The highest BCUT2D eigenvalue weighted by Crippen LogP contribution is 2.17. The van der Waals surface area contributed by atoms with Gasteiger partial charge < -0.3 is 14.1 Å². The second kappa shape index (κ2) is 8.64. The number of halogens is 1. The number of likely N-dealkylation sites (N-methyl/N-ethyl adjacent to an activating group) is 1. The molecule has 0 saturated carbocycles. The van der Waals surface area contributed by atoms with Crippen LogP contribution in [0.3, 0.4) is 0 Å². The summed E-state index contributed by atoms with van der Waals surface area (Å²) in [4.78, 5) is 29.7. The van der Waals surface area contributed by atoms with Gasteiger partial charge >= 0.3 is 5.97 Å². The van der Waals surface area contributed by atoms with E-state index in [4.69, 9.17) is 9.15 Å². The number of oxazole rings is 1. The van der Waals surface area contributed by atoms with E-state index < -0.39 is 5.97 Å². The maximum absolute atomic E-state index is 12.1. The minimum absolute atomic E-state index is 0.297. The van der Waals surface area contributed by atoms with Gasteiger partial charge in [-0.1, -0.05) is 46.3 Å². The zero-order chi connectivity index (χ0) is 19.2. The number of ether oxygens (including phenoxy) is 1. The van der Waals surface area contributed by atoms with Crippen LogP contribution in [0.25, 0.3) is 17.2 Å². The molecule has 3 rings (SSSR count). The summed E-state index contributed by atoms with van der Waals surface area (Å²) in [5.41, 5.74) is 2.30. The molecular formula is C20H17BrN2O4. The normalized spacial score (nSPS) is 11.0. The largest absolute Gasteiger partial charge is 0.452 e. The lowest BCUT2D eigenvalue weighted by molar-refractivity contribution is -0.147. The molecule has 1 amide bonds. The van der Waals surface area contributed by atoms with Crippen molar-refractivity contribution in [2.75, 3.05) is 13.7 Å². The Balaban J connectivity index is 1.50. The predicted molar refractivity (Wildman–Crippen MR) is 105 cm³/mol. The van der Waals surface area contributed by atoms with E-state index in [2.05, 4.69) is 20.9 Å². The maximum atomic E-state index is 12.1. The van der Waals surface area contributed by atoms with Crippen LogP contribution in [0.4, 0.5) is 0 Å². The van der Waals surface area contributed by atoms with Gasteiger partial charge in [0.25, 0.3) is 5.91 Å². The van der Waals surface area contributed by atoms with Crippen molar-refractivity contribution < 1.29 is 18.7 Å². The number of nitrogens with zero attached hydrogens (tertiary/aromatic N) is 2. The fourth-order valence-corrected chi connectivity index (χ4v) is 2.77. The fraction of sp³-hybridized carbons (Fsp3) is 0.150. The van der Waals surface area contributed by atoms with Gasteiger partial charge in [0.05, 0.1) is 0 Å². The first kappa shape index (κ1) is 18.8. The molecule has 3 aromatic rings. The Morgan fingerprint density at radius 1 is 1.19 bits per heavy atom. The van der Waals surface area contributed by atoms with Gasteiger partial charge in [-0.05, 0) is 23.8 Å². The first-order valence-corrected chi connectivity index (χ1v) is 9.00. The molecule has 0 aliphatic carbocycles. The predicted octanol–water partition coefficient (Wildman–Crippen LogP) is 3.81. The molecule has 27 heavy (non-hydrogen) atoms. The monoisotopic (exact) mass is 428 g/mol. The maximum Gasteiger partial charge on any atom is 0.331 e. The summed E-state index contributed by atoms with van der Waals surface area (Å²) < 4.78 is 11.4. The first-order valence-electron chi connectivity index (χ1n) is 8.21. The molecule has 7 heteroatoms. The van der Waals surface area contributed by atoms with Gasteiger partial charge in [-0.25, -0.2) is 9.78 Å². The standard InChI is InChI=1S/C20H17BrN2O4/c1-23(12-14-6-2-3-7-15(14)21)19(24)13-26-20(25)11-10-18-22-16-8-4-5-9-17(16)27-18/h2-11H,12-13H2,1H3/b11-10+. The van der Waals surface area contributed by atoms with E-state index in [1.165, 1.54) is 17.1 Å². The van der Waals surface area contributed by atoms with E-state index in [0.717, 1.165) is 10.0 Å². The molecule has 0 spiro atoms. The topological polar surface area (TPSA) is 72.6 Å². The van der Waals surface area contributed by atoms with Crippen molar-refractivity contribution in [2.24, 2.45) is 0 Å². The van der Waals surface area contributed by atoms with E-state index in [1.54, 1.807) is 13.1 Å². The molecule has 1 aromatic heterocycles. The van der Waals surface area contributed by atoms with Crippen molar-refractivity contribution >= 4 is 45.0 Å². The Labute approximate surface area is 164 Å². The lowest BCUT2D eigenvalue weighted by atomic mass is 10.2. The molecule has 0 aliphatic heterocycles. The molecule has 6 nitrogen and oxygen atoms in total. The molecule has 0 aliphatic rings. The SMILES string of the molecule is CN(Cc1ccccc1Br)C(=O)COC(=O)/C=C/c1nc2ccccc2o1. The van der Waals surface area contributed by atoms with Crippen molar-refractivity contribution in [2.45, 2.75) is 6.54 Å². The van der Waals surface area contributed by atoms with Gasteiger partial charge in [-0.2, -0.15) is 0 Å². The second-order valence-corrected chi connectivity index (χ2v) is 6.66. The lowest BCUT2D eigenvalue weighted by Gasteiger charge is -2.17. The number of carbonyl (C=O) groups is 2. The minimum Gasteiger partial charge on any atom is -0.452 e. The van der Waals surface area contributed by atoms with Crippen LogP contribution in [-0.4, -0.2) is 35.4 Å². The highest BCUT2D eigenvalue weighted by molar-refractivity contribution is 9.10. The molecule has 0 unspecified atom stereocenters. The van der Waals surface area contributed by atoms with Crippen molar-refractivity contribution in [3.05, 3.63) is 70.5 Å². The average Bonchev–Trinajstić information content (AvgIpc) is 3.09. The second-order valence-electron chi connectivity index (χ2n) is 5.80. The smallest absolute Gasteiger partial charge is 0.331 e. The molecule has 1 heterocycles. The molecule has 0 N–H and O–H groups in total. The summed E-state index contributed by atoms with van der Waals surface area (Å²) in [5.74, 6) is -0.639. The van der Waals surface area contributed by atoms with Crippen LogP contribution in [0, 0.1) is 0 Å². The van der Waals surface area contributed by atoms with Crippen LogP contribution in [0.2, 0.25) is 0 Å². The van der Waals surface area contributed by atoms with Gasteiger partial charge in [0, 0.05) is 30.2 Å². The molecule has 0 saturated heterocycles. The number of carbonyl (C=O) groups excluding carboxylic acids is 2. The number of para-hydroxylation sites is 2. The van der Waals surface area contributed by atoms with Crippen molar-refractivity contribution in [3.8, 4) is 0 Å². The molecule has 138 valence electrons. The Morgan fingerprint density at radius 3 is 2.70 bits per heavy atom. The van der Waals surface area contributed by atoms with Crippen LogP contribution < -0.4 is 0 Å². The van der Waals surface area contributed by atoms with Gasteiger partial charge in [-0.3, -0.25) is 4.79 Å². The molecular weight excluding hydrogens is 412 g/mol. The molecule has 0 atom stereocenters. The van der Waals surface area contributed by atoms with E-state index in [0.29, 0.717) is 23.5 Å². The van der Waals surface area contributed by atoms with Crippen LogP contribution >= 0.6 is 15.9 Å². The number of amides is 1. The Morgan fingerprint density at radius 2 is 1.93 bits per heavy atom. The zero-order valence-corrected chi connectivity index (χ0v) is 16.2. The van der Waals surface area contributed by atoms with Crippen LogP contribution in [0.15, 0.2) is 63.5 Å². The van der Waals surface area contributed by atoms with Crippen molar-refractivity contribution in [1.82, 2.24) is 9.88 Å². The third kappa shape index (κ3) is 5.04. The number of hydrogen-bond donors (Lipinski definition) is 0. The quantitative estimate of drug-likeness (QED) is 0.440. The van der Waals surface area contributed by atoms with Crippen LogP contribution in [0.5, 0.6) is 0 Å². The van der Waals surface area contributed by atoms with Gasteiger partial charge in [0.2, 0.25) is 5.89 Å². The third-order valence-corrected chi connectivity index (χ3v) is 4.58. The molecule has 0 radical (unpaired) electrons. The van der Waals surface area contributed by atoms with Gasteiger partial charge in [0.1, 0.15) is 5.52 Å². The summed E-state index contributed by atoms with van der Waals surface area (Å²) in [6, 6.07) is 14.9. The molecule has 2 aromatic carbocycles. The Bertz CT molecular complexity index is 963. The number of rotatable bonds is 6. The summed E-state index contributed by atoms with van der Waals surface area (Å²) in [5, 5.41) is 0. The highest BCUT2D eigenvalue weighted by atomic mass is 79.9. The average molecular weight is 429 g/mol. The minimum atomic E-state index is -0.639. The van der Waals surface area contributed by atoms with E-state index >= 15 is 0 Å². The van der Waals surface area contributed by atoms with Gasteiger partial charge in [0.15, 0.2) is 12.2 Å². The number of fused-ring (bicyclic) bond motifs is 1. The Hall–Kier alpha value is -2.93. The summed E-state index contributed by atoms with van der Waals surface area (Å²) in [7, 11) is 1.66. The third-order valence-electron chi connectivity index (χ3n) is 3.80. The van der Waals surface area contributed by atoms with E-state index in [-0.39, 0.29) is 12.5 Å². The van der Waals surface area contributed by atoms with E-state index in [1.807, 2.05) is 42.5 Å².